The summed E-state index contributed by atoms with van der Waals surface area (Å²) in [5.41, 5.74) is 1.19. The van der Waals surface area contributed by atoms with E-state index in [1.807, 2.05) is 24.3 Å². The van der Waals surface area contributed by atoms with E-state index in [0.29, 0.717) is 18.9 Å². The lowest BCUT2D eigenvalue weighted by atomic mass is 9.81. The molecule has 2 saturated heterocycles. The van der Waals surface area contributed by atoms with Crippen LogP contribution in [-0.4, -0.2) is 35.3 Å². The number of aliphatic hydroxyl groups is 1. The Morgan fingerprint density at radius 2 is 1.97 bits per heavy atom. The van der Waals surface area contributed by atoms with Crippen LogP contribution in [0.25, 0.3) is 0 Å². The maximum absolute atomic E-state index is 10.7. The van der Waals surface area contributed by atoms with Crippen LogP contribution in [0.1, 0.15) is 64.9 Å². The topological polar surface area (TPSA) is 47.9 Å². The third-order valence-electron chi connectivity index (χ3n) is 6.74. The zero-order valence-corrected chi connectivity index (χ0v) is 18.3. The van der Waals surface area contributed by atoms with Crippen LogP contribution in [0.2, 0.25) is 0 Å². The van der Waals surface area contributed by atoms with Gasteiger partial charge in [-0.1, -0.05) is 57.2 Å². The number of ether oxygens (including phenoxy) is 3. The monoisotopic (exact) mass is 402 g/mol. The molecule has 3 rings (SSSR count). The van der Waals surface area contributed by atoms with Gasteiger partial charge >= 0.3 is 0 Å². The molecule has 2 heterocycles. The van der Waals surface area contributed by atoms with Crippen LogP contribution in [-0.2, 0) is 20.8 Å². The molecule has 7 atom stereocenters. The van der Waals surface area contributed by atoms with Gasteiger partial charge in [-0.15, -0.1) is 6.58 Å². The lowest BCUT2D eigenvalue weighted by molar-refractivity contribution is -0.346. The average Bonchev–Trinajstić information content (AvgIpc) is 2.72. The second-order valence-corrected chi connectivity index (χ2v) is 8.96. The average molecular weight is 403 g/mol. The second-order valence-electron chi connectivity index (χ2n) is 8.96. The van der Waals surface area contributed by atoms with E-state index < -0.39 is 11.9 Å². The van der Waals surface area contributed by atoms with Gasteiger partial charge in [0.15, 0.2) is 5.79 Å². The van der Waals surface area contributed by atoms with Crippen molar-refractivity contribution in [2.24, 2.45) is 11.8 Å². The van der Waals surface area contributed by atoms with Gasteiger partial charge in [0, 0.05) is 25.2 Å². The van der Waals surface area contributed by atoms with Crippen LogP contribution < -0.4 is 0 Å². The summed E-state index contributed by atoms with van der Waals surface area (Å²) in [5.74, 6) is -0.125. The third kappa shape index (κ3) is 5.69. The van der Waals surface area contributed by atoms with E-state index in [1.54, 1.807) is 0 Å². The fourth-order valence-corrected chi connectivity index (χ4v) is 4.61. The summed E-state index contributed by atoms with van der Waals surface area (Å²) < 4.78 is 19.3. The van der Waals surface area contributed by atoms with Crippen LogP contribution in [0.5, 0.6) is 0 Å². The van der Waals surface area contributed by atoms with Crippen molar-refractivity contribution in [3.05, 3.63) is 48.6 Å². The lowest BCUT2D eigenvalue weighted by Crippen LogP contribution is -2.56. The minimum atomic E-state index is -0.672. The van der Waals surface area contributed by atoms with Crippen LogP contribution in [0.3, 0.4) is 0 Å². The summed E-state index contributed by atoms with van der Waals surface area (Å²) in [7, 11) is 0. The van der Waals surface area contributed by atoms with Crippen LogP contribution >= 0.6 is 0 Å². The molecule has 0 saturated carbocycles. The van der Waals surface area contributed by atoms with E-state index in [1.165, 1.54) is 5.56 Å². The summed E-state index contributed by atoms with van der Waals surface area (Å²) >= 11 is 0. The highest BCUT2D eigenvalue weighted by Crippen LogP contribution is 2.44. The number of rotatable bonds is 8. The summed E-state index contributed by atoms with van der Waals surface area (Å²) in [6.07, 6.45) is 6.63. The molecule has 29 heavy (non-hydrogen) atoms. The van der Waals surface area contributed by atoms with Crippen LogP contribution in [0.4, 0.5) is 0 Å². The smallest absolute Gasteiger partial charge is 0.171 e. The van der Waals surface area contributed by atoms with Gasteiger partial charge in [0.25, 0.3) is 0 Å². The second kappa shape index (κ2) is 10.2. The summed E-state index contributed by atoms with van der Waals surface area (Å²) in [4.78, 5) is 0. The standard InChI is InChI=1S/C25H38O4/c1-5-10-23-19(4)22(26)16-25(28-23)14-13-18(3)24(29-25)15-21(6-2)27-17-20-11-8-7-9-12-20/h5,7-9,11-12,18-19,21-24,26H,1,6,10,13-17H2,2-4H3/t18-,19-,21+,22-,23-,24-,25+/m0/s1. The minimum absolute atomic E-state index is 0.0402. The Morgan fingerprint density at radius 3 is 2.66 bits per heavy atom. The van der Waals surface area contributed by atoms with E-state index in [0.717, 1.165) is 32.1 Å². The summed E-state index contributed by atoms with van der Waals surface area (Å²) in [6.45, 7) is 11.0. The molecule has 162 valence electrons. The van der Waals surface area contributed by atoms with Crippen molar-refractivity contribution in [3.8, 4) is 0 Å². The number of benzene rings is 1. The Bertz CT molecular complexity index is 633. The first-order valence-corrected chi connectivity index (χ1v) is 11.3. The fraction of sp³-hybridized carbons (Fsp3) is 0.680. The maximum Gasteiger partial charge on any atom is 0.171 e. The highest BCUT2D eigenvalue weighted by molar-refractivity contribution is 5.13. The first-order valence-electron chi connectivity index (χ1n) is 11.3. The molecule has 0 aromatic heterocycles. The van der Waals surface area contributed by atoms with Gasteiger partial charge in [-0.2, -0.15) is 0 Å². The van der Waals surface area contributed by atoms with E-state index in [9.17, 15) is 5.11 Å². The SMILES string of the molecule is C=CC[C@@H]1O[C@@]2(CC[C@H](C)[C@H](C[C@@H](CC)OCc3ccccc3)O2)C[C@H](O)[C@@H]1C. The predicted octanol–water partition coefficient (Wildman–Crippen LogP) is 5.25. The lowest BCUT2D eigenvalue weighted by Gasteiger charge is -2.51. The van der Waals surface area contributed by atoms with Crippen molar-refractivity contribution >= 4 is 0 Å². The van der Waals surface area contributed by atoms with Gasteiger partial charge in [0.2, 0.25) is 0 Å². The zero-order chi connectivity index (χ0) is 20.9. The summed E-state index contributed by atoms with van der Waals surface area (Å²) in [5, 5.41) is 10.7. The predicted molar refractivity (Wildman–Crippen MR) is 115 cm³/mol. The Labute approximate surface area is 176 Å². The van der Waals surface area contributed by atoms with E-state index in [-0.39, 0.29) is 24.2 Å². The molecule has 1 aromatic rings. The molecule has 1 N–H and O–H groups in total. The van der Waals surface area contributed by atoms with Gasteiger partial charge in [0.05, 0.1) is 31.0 Å². The van der Waals surface area contributed by atoms with Gasteiger partial charge in [-0.3, -0.25) is 0 Å². The minimum Gasteiger partial charge on any atom is -0.393 e. The third-order valence-corrected chi connectivity index (χ3v) is 6.74. The molecular weight excluding hydrogens is 364 g/mol. The number of aliphatic hydroxyl groups excluding tert-OH is 1. The molecular formula is C25H38O4. The Morgan fingerprint density at radius 1 is 1.24 bits per heavy atom. The summed E-state index contributed by atoms with van der Waals surface area (Å²) in [6, 6.07) is 10.3. The van der Waals surface area contributed by atoms with Crippen molar-refractivity contribution in [1.29, 1.82) is 0 Å². The van der Waals surface area contributed by atoms with Crippen molar-refractivity contribution in [2.75, 3.05) is 0 Å². The molecule has 0 bridgehead atoms. The molecule has 4 heteroatoms. The first-order chi connectivity index (χ1) is 14.0. The Balaban J connectivity index is 1.63. The van der Waals surface area contributed by atoms with E-state index >= 15 is 0 Å². The highest BCUT2D eigenvalue weighted by atomic mass is 16.7. The molecule has 2 aliphatic heterocycles. The van der Waals surface area contributed by atoms with Gasteiger partial charge in [-0.05, 0) is 30.7 Å². The maximum atomic E-state index is 10.7. The first kappa shape index (κ1) is 22.5. The van der Waals surface area contributed by atoms with Crippen LogP contribution in [0, 0.1) is 11.8 Å². The molecule has 4 nitrogen and oxygen atoms in total. The van der Waals surface area contributed by atoms with Gasteiger partial charge in [-0.25, -0.2) is 0 Å². The van der Waals surface area contributed by atoms with Gasteiger partial charge < -0.3 is 19.3 Å². The quantitative estimate of drug-likeness (QED) is 0.604. The molecule has 2 fully saturated rings. The fourth-order valence-electron chi connectivity index (χ4n) is 4.61. The molecule has 0 radical (unpaired) electrons. The molecule has 1 spiro atoms. The number of hydrogen-bond donors (Lipinski definition) is 1. The van der Waals surface area contributed by atoms with Crippen molar-refractivity contribution in [3.63, 3.8) is 0 Å². The largest absolute Gasteiger partial charge is 0.393 e. The highest BCUT2D eigenvalue weighted by Gasteiger charge is 2.49. The van der Waals surface area contributed by atoms with Crippen molar-refractivity contribution in [2.45, 2.75) is 96.1 Å². The van der Waals surface area contributed by atoms with Gasteiger partial charge in [0.1, 0.15) is 0 Å². The molecule has 0 unspecified atom stereocenters. The Kier molecular flexibility index (Phi) is 7.92. The molecule has 1 aromatic carbocycles. The molecule has 0 amide bonds. The number of hydrogen-bond acceptors (Lipinski definition) is 4. The van der Waals surface area contributed by atoms with Crippen molar-refractivity contribution < 1.29 is 19.3 Å². The zero-order valence-electron chi connectivity index (χ0n) is 18.3. The van der Waals surface area contributed by atoms with Crippen molar-refractivity contribution in [1.82, 2.24) is 0 Å². The molecule has 0 aliphatic carbocycles. The Hall–Kier alpha value is -1.20. The van der Waals surface area contributed by atoms with E-state index in [4.69, 9.17) is 14.2 Å². The normalized spacial score (nSPS) is 36.1. The van der Waals surface area contributed by atoms with E-state index in [2.05, 4.69) is 39.5 Å². The van der Waals surface area contributed by atoms with Crippen LogP contribution in [0.15, 0.2) is 43.0 Å². The molecule has 2 aliphatic rings.